The second-order valence-electron chi connectivity index (χ2n) is 8.99. The Morgan fingerprint density at radius 2 is 1.82 bits per heavy atom. The van der Waals surface area contributed by atoms with Gasteiger partial charge in [-0.15, -0.1) is 0 Å². The summed E-state index contributed by atoms with van der Waals surface area (Å²) >= 11 is 6.99. The second kappa shape index (κ2) is 11.1. The number of hydrogen-bond acceptors (Lipinski definition) is 7. The molecule has 7 nitrogen and oxygen atoms in total. The van der Waals surface area contributed by atoms with Gasteiger partial charge in [0.05, 0.1) is 17.1 Å². The molecule has 3 aromatic rings. The molecular formula is C25H31Br2N5O2. The first-order valence-corrected chi connectivity index (χ1v) is 13.1. The van der Waals surface area contributed by atoms with Gasteiger partial charge < -0.3 is 25.4 Å². The minimum absolute atomic E-state index is 0.108. The van der Waals surface area contributed by atoms with Crippen LogP contribution in [0.1, 0.15) is 31.2 Å². The smallest absolute Gasteiger partial charge is 0.225 e. The molecule has 3 N–H and O–H groups in total. The first-order chi connectivity index (χ1) is 16.4. The van der Waals surface area contributed by atoms with Gasteiger partial charge in [0.2, 0.25) is 5.95 Å². The molecule has 0 unspecified atom stereocenters. The maximum Gasteiger partial charge on any atom is 0.225 e. The van der Waals surface area contributed by atoms with E-state index in [2.05, 4.69) is 48.6 Å². The van der Waals surface area contributed by atoms with E-state index >= 15 is 0 Å². The van der Waals surface area contributed by atoms with Gasteiger partial charge in [-0.1, -0.05) is 12.1 Å². The monoisotopic (exact) mass is 591 g/mol. The molecule has 0 bridgehead atoms. The van der Waals surface area contributed by atoms with Gasteiger partial charge in [-0.25, -0.2) is 4.98 Å². The third kappa shape index (κ3) is 5.58. The molecule has 1 aliphatic rings. The molecule has 4 rings (SSSR count). The number of ether oxygens (including phenoxy) is 1. The van der Waals surface area contributed by atoms with E-state index in [1.165, 1.54) is 0 Å². The molecule has 0 amide bonds. The van der Waals surface area contributed by atoms with E-state index in [0.717, 1.165) is 59.0 Å². The average Bonchev–Trinajstić information content (AvgIpc) is 2.84. The summed E-state index contributed by atoms with van der Waals surface area (Å²) in [6.07, 6.45) is 4.51. The van der Waals surface area contributed by atoms with Gasteiger partial charge in [0.25, 0.3) is 0 Å². The zero-order valence-electron chi connectivity index (χ0n) is 19.7. The summed E-state index contributed by atoms with van der Waals surface area (Å²) in [5, 5.41) is 18.3. The molecule has 0 spiro atoms. The van der Waals surface area contributed by atoms with Crippen molar-refractivity contribution in [2.45, 2.75) is 38.3 Å². The van der Waals surface area contributed by atoms with Crippen molar-refractivity contribution in [1.82, 2.24) is 15.3 Å². The Morgan fingerprint density at radius 3 is 2.53 bits per heavy atom. The molecule has 0 radical (unpaired) electrons. The van der Waals surface area contributed by atoms with E-state index in [1.54, 1.807) is 7.11 Å². The molecule has 182 valence electrons. The van der Waals surface area contributed by atoms with Crippen molar-refractivity contribution in [2.24, 2.45) is 5.92 Å². The summed E-state index contributed by atoms with van der Waals surface area (Å²) in [7, 11) is 5.59. The number of hydrogen-bond donors (Lipinski definition) is 3. The third-order valence-corrected chi connectivity index (χ3v) is 8.59. The Bertz CT molecular complexity index is 1150. The summed E-state index contributed by atoms with van der Waals surface area (Å²) < 4.78 is 6.73. The van der Waals surface area contributed by atoms with Crippen molar-refractivity contribution in [3.63, 3.8) is 0 Å². The van der Waals surface area contributed by atoms with Crippen LogP contribution in [-0.2, 0) is 6.54 Å². The summed E-state index contributed by atoms with van der Waals surface area (Å²) in [4.78, 5) is 11.6. The van der Waals surface area contributed by atoms with E-state index in [-0.39, 0.29) is 5.75 Å². The number of rotatable bonds is 8. The molecule has 1 saturated carbocycles. The highest BCUT2D eigenvalue weighted by atomic mass is 79.9. The van der Waals surface area contributed by atoms with E-state index in [9.17, 15) is 5.11 Å². The Balaban J connectivity index is 1.30. The van der Waals surface area contributed by atoms with Crippen molar-refractivity contribution in [1.29, 1.82) is 0 Å². The van der Waals surface area contributed by atoms with Crippen LogP contribution in [0, 0.1) is 5.92 Å². The van der Waals surface area contributed by atoms with Crippen LogP contribution in [0.4, 0.5) is 11.8 Å². The molecule has 1 aliphatic carbocycles. The zero-order chi connectivity index (χ0) is 24.2. The highest BCUT2D eigenvalue weighted by Gasteiger charge is 2.22. The number of benzene rings is 2. The first-order valence-electron chi connectivity index (χ1n) is 11.5. The number of anilines is 2. The Morgan fingerprint density at radius 1 is 1.09 bits per heavy atom. The fourth-order valence-corrected chi connectivity index (χ4v) is 5.39. The lowest BCUT2D eigenvalue weighted by Gasteiger charge is -2.29. The van der Waals surface area contributed by atoms with Gasteiger partial charge in [0.1, 0.15) is 5.82 Å². The van der Waals surface area contributed by atoms with Crippen LogP contribution in [0.2, 0.25) is 0 Å². The number of nitrogens with one attached hydrogen (secondary N) is 2. The van der Waals surface area contributed by atoms with Crippen molar-refractivity contribution in [3.05, 3.63) is 44.8 Å². The largest absolute Gasteiger partial charge is 0.503 e. The summed E-state index contributed by atoms with van der Waals surface area (Å²) in [6.45, 7) is 1.66. The standard InChI is InChI=1S/C25H31Br2N5O2/c1-32(2)24-18-6-4-5-7-19(18)30-25(31-24)29-17-10-8-15(9-11-17)13-28-14-16-12-20(34-3)23(33)22(27)21(16)26/h4-7,12,15,17,28,33H,8-11,13-14H2,1-3H3,(H,29,30,31)/t15-,17+. The normalized spacial score (nSPS) is 18.1. The summed E-state index contributed by atoms with van der Waals surface area (Å²) in [6, 6.07) is 10.4. The number of aromatic hydroxyl groups is 1. The first kappa shape index (κ1) is 25.0. The molecule has 34 heavy (non-hydrogen) atoms. The average molecular weight is 593 g/mol. The number of nitrogens with zero attached hydrogens (tertiary/aromatic N) is 3. The minimum Gasteiger partial charge on any atom is -0.503 e. The highest BCUT2D eigenvalue weighted by Crippen LogP contribution is 2.41. The number of para-hydroxylation sites is 1. The number of aromatic nitrogens is 2. The number of fused-ring (bicyclic) bond motifs is 1. The Labute approximate surface area is 217 Å². The van der Waals surface area contributed by atoms with Gasteiger partial charge >= 0.3 is 0 Å². The zero-order valence-corrected chi connectivity index (χ0v) is 22.9. The van der Waals surface area contributed by atoms with E-state index < -0.39 is 0 Å². The predicted molar refractivity (Wildman–Crippen MR) is 145 cm³/mol. The molecule has 1 fully saturated rings. The molecular weight excluding hydrogens is 562 g/mol. The maximum atomic E-state index is 10.1. The highest BCUT2D eigenvalue weighted by molar-refractivity contribution is 9.13. The molecule has 1 heterocycles. The van der Waals surface area contributed by atoms with Crippen LogP contribution in [0.3, 0.4) is 0 Å². The lowest BCUT2D eigenvalue weighted by Crippen LogP contribution is -2.31. The van der Waals surface area contributed by atoms with Crippen LogP contribution < -0.4 is 20.3 Å². The minimum atomic E-state index is 0.108. The fraction of sp³-hybridized carbons (Fsp3) is 0.440. The molecule has 1 aromatic heterocycles. The Kier molecular flexibility index (Phi) is 8.16. The summed E-state index contributed by atoms with van der Waals surface area (Å²) in [5.41, 5.74) is 2.01. The molecule has 9 heteroatoms. The van der Waals surface area contributed by atoms with E-state index in [4.69, 9.17) is 14.7 Å². The molecule has 0 atom stereocenters. The van der Waals surface area contributed by atoms with E-state index in [1.807, 2.05) is 43.3 Å². The van der Waals surface area contributed by atoms with Crippen LogP contribution in [0.25, 0.3) is 10.9 Å². The lowest BCUT2D eigenvalue weighted by atomic mass is 9.86. The number of phenols is 1. The van der Waals surface area contributed by atoms with Crippen LogP contribution in [0.15, 0.2) is 39.3 Å². The Hall–Kier alpha value is -2.10. The second-order valence-corrected chi connectivity index (χ2v) is 10.6. The van der Waals surface area contributed by atoms with Gasteiger partial charge in [-0.05, 0) is 93.8 Å². The van der Waals surface area contributed by atoms with Crippen LogP contribution >= 0.6 is 31.9 Å². The fourth-order valence-electron chi connectivity index (χ4n) is 4.50. The van der Waals surface area contributed by atoms with Gasteiger partial charge in [0, 0.05) is 36.5 Å². The van der Waals surface area contributed by atoms with Crippen molar-refractivity contribution in [2.75, 3.05) is 38.0 Å². The molecule has 0 saturated heterocycles. The molecule has 0 aliphatic heterocycles. The number of methoxy groups -OCH3 is 1. The van der Waals surface area contributed by atoms with Gasteiger partial charge in [-0.2, -0.15) is 4.98 Å². The maximum absolute atomic E-state index is 10.1. The topological polar surface area (TPSA) is 82.5 Å². The van der Waals surface area contributed by atoms with E-state index in [0.29, 0.717) is 34.7 Å². The van der Waals surface area contributed by atoms with Crippen molar-refractivity contribution < 1.29 is 9.84 Å². The number of phenolic OH excluding ortho intramolecular Hbond substituents is 1. The predicted octanol–water partition coefficient (Wildman–Crippen LogP) is 5.70. The van der Waals surface area contributed by atoms with Gasteiger partial charge in [-0.3, -0.25) is 0 Å². The van der Waals surface area contributed by atoms with Crippen LogP contribution in [0.5, 0.6) is 11.5 Å². The van der Waals surface area contributed by atoms with Crippen molar-refractivity contribution in [3.8, 4) is 11.5 Å². The van der Waals surface area contributed by atoms with Crippen molar-refractivity contribution >= 4 is 54.5 Å². The van der Waals surface area contributed by atoms with Crippen LogP contribution in [-0.4, -0.2) is 48.9 Å². The number of halogens is 2. The SMILES string of the molecule is COc1cc(CNC[C@H]2CC[C@@H](Nc3nc(N(C)C)c4ccccc4n3)CC2)c(Br)c(Br)c1O. The van der Waals surface area contributed by atoms with Gasteiger partial charge in [0.15, 0.2) is 11.5 Å². The lowest BCUT2D eigenvalue weighted by molar-refractivity contribution is 0.323. The quantitative estimate of drug-likeness (QED) is 0.310. The third-order valence-electron chi connectivity index (χ3n) is 6.38. The summed E-state index contributed by atoms with van der Waals surface area (Å²) in [5.74, 6) is 2.85. The molecule has 2 aromatic carbocycles.